The first kappa shape index (κ1) is 20.2. The number of para-hydroxylation sites is 1. The number of carbonyl (C=O) groups is 1. The highest BCUT2D eigenvalue weighted by atomic mass is 35.5. The molecular formula is C23H27ClN6O. The maximum Gasteiger partial charge on any atom is 0.225 e. The predicted octanol–water partition coefficient (Wildman–Crippen LogP) is 4.04. The van der Waals surface area contributed by atoms with Crippen LogP contribution in [0.1, 0.15) is 44.9 Å². The third-order valence-electron chi connectivity index (χ3n) is 6.37. The quantitative estimate of drug-likeness (QED) is 0.615. The van der Waals surface area contributed by atoms with E-state index in [9.17, 15) is 4.79 Å². The van der Waals surface area contributed by atoms with Gasteiger partial charge in [-0.15, -0.1) is 0 Å². The maximum atomic E-state index is 12.6. The normalized spacial score (nSPS) is 17.4. The third kappa shape index (κ3) is 3.65. The lowest BCUT2D eigenvalue weighted by molar-refractivity contribution is -0.138. The lowest BCUT2D eigenvalue weighted by Crippen LogP contribution is -2.51. The van der Waals surface area contributed by atoms with Crippen molar-refractivity contribution in [1.82, 2.24) is 24.6 Å². The van der Waals surface area contributed by atoms with Gasteiger partial charge in [-0.3, -0.25) is 4.79 Å². The second-order valence-electron chi connectivity index (χ2n) is 8.75. The topological polar surface area (TPSA) is 67.2 Å². The van der Waals surface area contributed by atoms with E-state index in [2.05, 4.69) is 23.8 Å². The molecule has 0 radical (unpaired) electrons. The Hall–Kier alpha value is -2.67. The lowest BCUT2D eigenvalue weighted by atomic mass is 9.84. The fraction of sp³-hybridized carbons (Fsp3) is 0.478. The van der Waals surface area contributed by atoms with Gasteiger partial charge in [0.05, 0.1) is 22.3 Å². The minimum Gasteiger partial charge on any atom is -0.352 e. The molecule has 3 heterocycles. The van der Waals surface area contributed by atoms with Gasteiger partial charge in [-0.05, 0) is 25.0 Å². The van der Waals surface area contributed by atoms with Gasteiger partial charge in [-0.2, -0.15) is 5.10 Å². The number of halogens is 1. The van der Waals surface area contributed by atoms with Gasteiger partial charge in [-0.25, -0.2) is 14.6 Å². The minimum atomic E-state index is 0.180. The van der Waals surface area contributed by atoms with Crippen molar-refractivity contribution in [2.75, 3.05) is 31.1 Å². The Balaban J connectivity index is 1.49. The zero-order chi connectivity index (χ0) is 21.5. The molecule has 0 unspecified atom stereocenters. The SMILES string of the molecule is CC(C)c1nc(N2CCN(C(=O)C3CCC3)CC2)c2cnn(-c3ccccc3Cl)c2n1. The second-order valence-corrected chi connectivity index (χ2v) is 9.15. The van der Waals surface area contributed by atoms with E-state index in [1.54, 1.807) is 4.68 Å². The Morgan fingerprint density at radius 3 is 2.48 bits per heavy atom. The van der Waals surface area contributed by atoms with Gasteiger partial charge < -0.3 is 9.80 Å². The Kier molecular flexibility index (Phi) is 5.30. The standard InChI is InChI=1S/C23H27ClN6O/c1-15(2)20-26-21(28-10-12-29(13-11-28)23(31)16-6-5-7-16)17-14-25-30(22(17)27-20)19-9-4-3-8-18(19)24/h3-4,8-9,14-16H,5-7,10-13H2,1-2H3. The number of amides is 1. The van der Waals surface area contributed by atoms with Crippen molar-refractivity contribution in [2.24, 2.45) is 5.92 Å². The number of anilines is 1. The molecule has 7 nitrogen and oxygen atoms in total. The van der Waals surface area contributed by atoms with Crippen LogP contribution in [0, 0.1) is 5.92 Å². The summed E-state index contributed by atoms with van der Waals surface area (Å²) in [5.74, 6) is 2.43. The molecule has 1 saturated carbocycles. The molecule has 0 bridgehead atoms. The molecule has 3 aromatic rings. The molecule has 1 aliphatic heterocycles. The van der Waals surface area contributed by atoms with Crippen molar-refractivity contribution in [3.63, 3.8) is 0 Å². The first-order valence-electron chi connectivity index (χ1n) is 11.1. The lowest BCUT2D eigenvalue weighted by Gasteiger charge is -2.38. The number of hydrogen-bond donors (Lipinski definition) is 0. The molecule has 1 aliphatic carbocycles. The van der Waals surface area contributed by atoms with E-state index in [1.807, 2.05) is 35.4 Å². The number of fused-ring (bicyclic) bond motifs is 1. The minimum absolute atomic E-state index is 0.180. The van der Waals surface area contributed by atoms with Crippen LogP contribution in [0.25, 0.3) is 16.7 Å². The molecular weight excluding hydrogens is 412 g/mol. The van der Waals surface area contributed by atoms with Crippen molar-refractivity contribution in [3.8, 4) is 5.69 Å². The molecule has 2 aliphatic rings. The molecule has 2 fully saturated rings. The highest BCUT2D eigenvalue weighted by Crippen LogP contribution is 2.32. The number of hydrogen-bond acceptors (Lipinski definition) is 5. The van der Waals surface area contributed by atoms with Crippen molar-refractivity contribution < 1.29 is 4.79 Å². The van der Waals surface area contributed by atoms with Gasteiger partial charge in [0, 0.05) is 38.0 Å². The Bertz CT molecular complexity index is 1110. The van der Waals surface area contributed by atoms with Crippen LogP contribution in [-0.4, -0.2) is 56.7 Å². The summed E-state index contributed by atoms with van der Waals surface area (Å²) < 4.78 is 1.80. The maximum absolute atomic E-state index is 12.6. The van der Waals surface area contributed by atoms with Crippen LogP contribution in [0.5, 0.6) is 0 Å². The Morgan fingerprint density at radius 2 is 1.84 bits per heavy atom. The van der Waals surface area contributed by atoms with E-state index in [0.29, 0.717) is 10.9 Å². The fourth-order valence-electron chi connectivity index (χ4n) is 4.26. The first-order valence-corrected chi connectivity index (χ1v) is 11.4. The molecule has 2 aromatic heterocycles. The van der Waals surface area contributed by atoms with Gasteiger partial charge in [0.2, 0.25) is 5.91 Å². The zero-order valence-electron chi connectivity index (χ0n) is 18.0. The summed E-state index contributed by atoms with van der Waals surface area (Å²) in [4.78, 5) is 26.7. The third-order valence-corrected chi connectivity index (χ3v) is 6.69. The van der Waals surface area contributed by atoms with Gasteiger partial charge in [0.1, 0.15) is 11.6 Å². The van der Waals surface area contributed by atoms with Crippen molar-refractivity contribution >= 4 is 34.4 Å². The average molecular weight is 439 g/mol. The summed E-state index contributed by atoms with van der Waals surface area (Å²) in [6, 6.07) is 7.64. The smallest absolute Gasteiger partial charge is 0.225 e. The number of carbonyl (C=O) groups excluding carboxylic acids is 1. The van der Waals surface area contributed by atoms with Crippen LogP contribution in [0.4, 0.5) is 5.82 Å². The number of rotatable bonds is 4. The average Bonchev–Trinajstić information content (AvgIpc) is 3.16. The van der Waals surface area contributed by atoms with E-state index in [4.69, 9.17) is 21.6 Å². The summed E-state index contributed by atoms with van der Waals surface area (Å²) in [6.07, 6.45) is 5.10. The van der Waals surface area contributed by atoms with Crippen LogP contribution < -0.4 is 4.90 Å². The predicted molar refractivity (Wildman–Crippen MR) is 122 cm³/mol. The highest BCUT2D eigenvalue weighted by molar-refractivity contribution is 6.32. The molecule has 162 valence electrons. The van der Waals surface area contributed by atoms with Gasteiger partial charge in [-0.1, -0.05) is 44.0 Å². The summed E-state index contributed by atoms with van der Waals surface area (Å²) >= 11 is 6.44. The van der Waals surface area contributed by atoms with E-state index in [1.165, 1.54) is 6.42 Å². The van der Waals surface area contributed by atoms with Crippen LogP contribution in [0.2, 0.25) is 5.02 Å². The van der Waals surface area contributed by atoms with Gasteiger partial charge in [0.15, 0.2) is 5.65 Å². The second kappa shape index (κ2) is 8.11. The van der Waals surface area contributed by atoms with E-state index in [-0.39, 0.29) is 11.8 Å². The van der Waals surface area contributed by atoms with Gasteiger partial charge >= 0.3 is 0 Å². The monoisotopic (exact) mass is 438 g/mol. The molecule has 0 N–H and O–H groups in total. The van der Waals surface area contributed by atoms with Crippen molar-refractivity contribution in [1.29, 1.82) is 0 Å². The summed E-state index contributed by atoms with van der Waals surface area (Å²) in [6.45, 7) is 7.18. The van der Waals surface area contributed by atoms with E-state index < -0.39 is 0 Å². The summed E-state index contributed by atoms with van der Waals surface area (Å²) in [7, 11) is 0. The molecule has 8 heteroatoms. The summed E-state index contributed by atoms with van der Waals surface area (Å²) in [5.41, 5.74) is 1.56. The molecule has 0 spiro atoms. The van der Waals surface area contributed by atoms with Crippen LogP contribution in [0.15, 0.2) is 30.5 Å². The number of piperazine rings is 1. The number of nitrogens with zero attached hydrogens (tertiary/aromatic N) is 6. The van der Waals surface area contributed by atoms with Crippen molar-refractivity contribution in [2.45, 2.75) is 39.0 Å². The molecule has 1 saturated heterocycles. The Labute approximate surface area is 187 Å². The molecule has 0 atom stereocenters. The largest absolute Gasteiger partial charge is 0.352 e. The fourth-order valence-corrected chi connectivity index (χ4v) is 4.48. The van der Waals surface area contributed by atoms with Crippen molar-refractivity contribution in [3.05, 3.63) is 41.3 Å². The number of aromatic nitrogens is 4. The first-order chi connectivity index (χ1) is 15.0. The van der Waals surface area contributed by atoms with Crippen LogP contribution >= 0.6 is 11.6 Å². The molecule has 5 rings (SSSR count). The number of benzene rings is 1. The molecule has 31 heavy (non-hydrogen) atoms. The van der Waals surface area contributed by atoms with E-state index in [0.717, 1.165) is 67.4 Å². The summed E-state index contributed by atoms with van der Waals surface area (Å²) in [5, 5.41) is 6.14. The highest BCUT2D eigenvalue weighted by Gasteiger charge is 2.32. The molecule has 1 aromatic carbocycles. The van der Waals surface area contributed by atoms with Crippen LogP contribution in [0.3, 0.4) is 0 Å². The van der Waals surface area contributed by atoms with E-state index >= 15 is 0 Å². The van der Waals surface area contributed by atoms with Crippen LogP contribution in [-0.2, 0) is 4.79 Å². The van der Waals surface area contributed by atoms with Gasteiger partial charge in [0.25, 0.3) is 0 Å². The zero-order valence-corrected chi connectivity index (χ0v) is 18.7. The Morgan fingerprint density at radius 1 is 1.10 bits per heavy atom. The molecule has 1 amide bonds.